The molecule has 25 heavy (non-hydrogen) atoms. The molecule has 0 unspecified atom stereocenters. The van der Waals surface area contributed by atoms with E-state index < -0.39 is 12.6 Å². The van der Waals surface area contributed by atoms with Crippen LogP contribution >= 0.6 is 24.0 Å². The Balaban J connectivity index is 2.08. The standard InChI is InChI=1S/C17H19NO5S2/c1-3-22-13-8-11(6-7-12(13)23-9-14(19)20)5-4-10(2)15-16(21)18-17(24)25-15/h6-8H,3-5,9H2,1-2H3,(H,19,20)(H,18,21,24). The first-order valence-corrected chi connectivity index (χ1v) is 8.96. The summed E-state index contributed by atoms with van der Waals surface area (Å²) in [7, 11) is 0. The first kappa shape index (κ1) is 19.3. The molecule has 1 aromatic rings. The zero-order valence-corrected chi connectivity index (χ0v) is 15.6. The van der Waals surface area contributed by atoms with Crippen LogP contribution in [0.15, 0.2) is 28.7 Å². The van der Waals surface area contributed by atoms with E-state index in [1.54, 1.807) is 6.07 Å². The molecule has 1 aromatic carbocycles. The van der Waals surface area contributed by atoms with E-state index in [1.807, 2.05) is 26.0 Å². The van der Waals surface area contributed by atoms with Gasteiger partial charge in [0.15, 0.2) is 18.1 Å². The second-order valence-electron chi connectivity index (χ2n) is 5.35. The number of carbonyl (C=O) groups excluding carboxylic acids is 1. The first-order chi connectivity index (χ1) is 11.9. The number of ether oxygens (including phenoxy) is 2. The summed E-state index contributed by atoms with van der Waals surface area (Å²) in [6.07, 6.45) is 1.43. The Morgan fingerprint density at radius 2 is 2.08 bits per heavy atom. The van der Waals surface area contributed by atoms with E-state index in [4.69, 9.17) is 26.8 Å². The lowest BCUT2D eigenvalue weighted by Crippen LogP contribution is -2.18. The maximum atomic E-state index is 11.8. The summed E-state index contributed by atoms with van der Waals surface area (Å²) in [5.74, 6) is -0.265. The van der Waals surface area contributed by atoms with E-state index in [9.17, 15) is 9.59 Å². The Morgan fingerprint density at radius 1 is 1.32 bits per heavy atom. The maximum absolute atomic E-state index is 11.8. The zero-order valence-electron chi connectivity index (χ0n) is 14.0. The van der Waals surface area contributed by atoms with Gasteiger partial charge >= 0.3 is 5.97 Å². The minimum atomic E-state index is -1.04. The monoisotopic (exact) mass is 381 g/mol. The van der Waals surface area contributed by atoms with Gasteiger partial charge in [0, 0.05) is 0 Å². The largest absolute Gasteiger partial charge is 0.490 e. The van der Waals surface area contributed by atoms with Crippen LogP contribution in [-0.2, 0) is 16.0 Å². The predicted octanol–water partition coefficient (Wildman–Crippen LogP) is 2.90. The topological polar surface area (TPSA) is 84.9 Å². The van der Waals surface area contributed by atoms with Crippen LogP contribution in [0.3, 0.4) is 0 Å². The molecule has 0 saturated carbocycles. The number of benzene rings is 1. The minimum absolute atomic E-state index is 0.139. The lowest BCUT2D eigenvalue weighted by atomic mass is 10.0. The molecule has 1 aliphatic rings. The average Bonchev–Trinajstić information content (AvgIpc) is 2.90. The van der Waals surface area contributed by atoms with Crippen molar-refractivity contribution in [3.05, 3.63) is 34.2 Å². The molecular formula is C17H19NO5S2. The summed E-state index contributed by atoms with van der Waals surface area (Å²) < 4.78 is 11.3. The van der Waals surface area contributed by atoms with Crippen molar-refractivity contribution in [1.29, 1.82) is 0 Å². The average molecular weight is 381 g/mol. The molecule has 1 fully saturated rings. The predicted molar refractivity (Wildman–Crippen MR) is 100 cm³/mol. The minimum Gasteiger partial charge on any atom is -0.490 e. The summed E-state index contributed by atoms with van der Waals surface area (Å²) in [5.41, 5.74) is 1.99. The van der Waals surface area contributed by atoms with Gasteiger partial charge in [0.1, 0.15) is 4.32 Å². The number of carboxylic acid groups (broad SMARTS) is 1. The molecule has 0 aromatic heterocycles. The number of allylic oxidation sites excluding steroid dienone is 1. The number of hydrogen-bond donors (Lipinski definition) is 2. The van der Waals surface area contributed by atoms with E-state index in [2.05, 4.69) is 5.32 Å². The van der Waals surface area contributed by atoms with Gasteiger partial charge in [-0.2, -0.15) is 0 Å². The molecule has 0 bridgehead atoms. The van der Waals surface area contributed by atoms with Gasteiger partial charge in [0.2, 0.25) is 0 Å². The van der Waals surface area contributed by atoms with Crippen LogP contribution in [0.1, 0.15) is 25.8 Å². The molecule has 0 aliphatic carbocycles. The second kappa shape index (κ2) is 8.87. The molecule has 1 saturated heterocycles. The number of carbonyl (C=O) groups is 2. The Morgan fingerprint density at radius 3 is 2.68 bits per heavy atom. The van der Waals surface area contributed by atoms with Crippen molar-refractivity contribution in [3.63, 3.8) is 0 Å². The highest BCUT2D eigenvalue weighted by molar-refractivity contribution is 8.26. The van der Waals surface area contributed by atoms with Gasteiger partial charge < -0.3 is 19.9 Å². The van der Waals surface area contributed by atoms with Crippen molar-refractivity contribution < 1.29 is 24.2 Å². The van der Waals surface area contributed by atoms with Crippen LogP contribution in [0.5, 0.6) is 11.5 Å². The summed E-state index contributed by atoms with van der Waals surface area (Å²) in [6.45, 7) is 3.80. The number of amides is 1. The summed E-state index contributed by atoms with van der Waals surface area (Å²) in [6, 6.07) is 5.41. The van der Waals surface area contributed by atoms with E-state index in [0.717, 1.165) is 17.6 Å². The highest BCUT2D eigenvalue weighted by Crippen LogP contribution is 2.31. The van der Waals surface area contributed by atoms with Crippen LogP contribution < -0.4 is 14.8 Å². The van der Waals surface area contributed by atoms with E-state index >= 15 is 0 Å². The van der Waals surface area contributed by atoms with Crippen LogP contribution in [0, 0.1) is 0 Å². The van der Waals surface area contributed by atoms with Crippen LogP contribution in [0.2, 0.25) is 0 Å². The quantitative estimate of drug-likeness (QED) is 0.529. The van der Waals surface area contributed by atoms with Crippen molar-refractivity contribution in [2.75, 3.05) is 13.2 Å². The molecule has 0 spiro atoms. The molecule has 1 heterocycles. The SMILES string of the molecule is CCOc1cc(CCC(C)=C2SC(=S)NC2=O)ccc1OCC(=O)O. The van der Waals surface area contributed by atoms with Crippen molar-refractivity contribution in [1.82, 2.24) is 5.32 Å². The normalized spacial score (nSPS) is 15.8. The smallest absolute Gasteiger partial charge is 0.341 e. The van der Waals surface area contributed by atoms with Crippen molar-refractivity contribution in [2.24, 2.45) is 0 Å². The Bertz CT molecular complexity index is 730. The van der Waals surface area contributed by atoms with Gasteiger partial charge in [-0.05, 0) is 44.4 Å². The summed E-state index contributed by atoms with van der Waals surface area (Å²) >= 11 is 6.29. The van der Waals surface area contributed by atoms with Gasteiger partial charge in [-0.15, -0.1) is 0 Å². The van der Waals surface area contributed by atoms with Gasteiger partial charge in [0.25, 0.3) is 5.91 Å². The van der Waals surface area contributed by atoms with E-state index in [-0.39, 0.29) is 5.91 Å². The number of thioether (sulfide) groups is 1. The van der Waals surface area contributed by atoms with Crippen molar-refractivity contribution in [3.8, 4) is 11.5 Å². The van der Waals surface area contributed by atoms with Gasteiger partial charge in [0.05, 0.1) is 11.5 Å². The number of aliphatic carboxylic acids is 1. The highest BCUT2D eigenvalue weighted by atomic mass is 32.2. The molecule has 6 nitrogen and oxygen atoms in total. The van der Waals surface area contributed by atoms with Crippen molar-refractivity contribution >= 4 is 40.2 Å². The Kier molecular flexibility index (Phi) is 6.83. The third kappa shape index (κ3) is 5.47. The molecular weight excluding hydrogens is 362 g/mol. The second-order valence-corrected chi connectivity index (χ2v) is 7.04. The van der Waals surface area contributed by atoms with Gasteiger partial charge in [-0.1, -0.05) is 35.6 Å². The fourth-order valence-corrected chi connectivity index (χ4v) is 3.37. The molecule has 1 aliphatic heterocycles. The number of carboxylic acids is 1. The summed E-state index contributed by atoms with van der Waals surface area (Å²) in [4.78, 5) is 23.1. The third-order valence-corrected chi connectivity index (χ3v) is 4.83. The molecule has 8 heteroatoms. The molecule has 2 rings (SSSR count). The molecule has 134 valence electrons. The fourth-order valence-electron chi connectivity index (χ4n) is 2.28. The number of hydrogen-bond acceptors (Lipinski definition) is 6. The van der Waals surface area contributed by atoms with E-state index in [0.29, 0.717) is 33.8 Å². The molecule has 0 radical (unpaired) electrons. The lowest BCUT2D eigenvalue weighted by molar-refractivity contribution is -0.139. The number of aryl methyl sites for hydroxylation is 1. The van der Waals surface area contributed by atoms with Crippen LogP contribution in [-0.4, -0.2) is 34.5 Å². The zero-order chi connectivity index (χ0) is 18.4. The number of rotatable bonds is 8. The molecule has 0 atom stereocenters. The molecule has 1 amide bonds. The van der Waals surface area contributed by atoms with Crippen molar-refractivity contribution in [2.45, 2.75) is 26.7 Å². The van der Waals surface area contributed by atoms with Crippen LogP contribution in [0.25, 0.3) is 0 Å². The first-order valence-electron chi connectivity index (χ1n) is 7.74. The van der Waals surface area contributed by atoms with Gasteiger partial charge in [-0.25, -0.2) is 4.79 Å². The Hall–Kier alpha value is -2.06. The molecule has 2 N–H and O–H groups in total. The van der Waals surface area contributed by atoms with E-state index in [1.165, 1.54) is 11.8 Å². The maximum Gasteiger partial charge on any atom is 0.341 e. The Labute approximate surface area is 155 Å². The summed E-state index contributed by atoms with van der Waals surface area (Å²) in [5, 5.41) is 11.3. The number of nitrogens with one attached hydrogen (secondary N) is 1. The number of thiocarbonyl (C=S) groups is 1. The third-order valence-electron chi connectivity index (χ3n) is 3.45. The fraction of sp³-hybridized carbons (Fsp3) is 0.353. The van der Waals surface area contributed by atoms with Crippen LogP contribution in [0.4, 0.5) is 0 Å². The lowest BCUT2D eigenvalue weighted by Gasteiger charge is -2.12. The van der Waals surface area contributed by atoms with Gasteiger partial charge in [-0.3, -0.25) is 4.79 Å². The highest BCUT2D eigenvalue weighted by Gasteiger charge is 2.24.